The summed E-state index contributed by atoms with van der Waals surface area (Å²) in [5.74, 6) is 0.514. The van der Waals surface area contributed by atoms with Crippen LogP contribution in [0.25, 0.3) is 22.0 Å². The molecule has 0 radical (unpaired) electrons. The molecule has 2 aliphatic heterocycles. The van der Waals surface area contributed by atoms with Crippen LogP contribution in [0.15, 0.2) is 72.8 Å². The predicted molar refractivity (Wildman–Crippen MR) is 193 cm³/mol. The first-order chi connectivity index (χ1) is 23.3. The highest BCUT2D eigenvalue weighted by Gasteiger charge is 2.22. The van der Waals surface area contributed by atoms with Gasteiger partial charge in [0.2, 0.25) is 0 Å². The maximum atomic E-state index is 14.0. The van der Waals surface area contributed by atoms with Crippen molar-refractivity contribution in [3.63, 3.8) is 0 Å². The number of aromatic amines is 1. The molecule has 5 aromatic rings. The van der Waals surface area contributed by atoms with Gasteiger partial charge in [-0.1, -0.05) is 41.5 Å². The van der Waals surface area contributed by atoms with Crippen molar-refractivity contribution < 1.29 is 14.6 Å². The number of nitrogens with one attached hydrogen (secondary N) is 3. The molecule has 0 aliphatic carbocycles. The summed E-state index contributed by atoms with van der Waals surface area (Å²) in [6, 6.07) is 24.5. The molecule has 248 valence electrons. The molecular formula is C39H44N6O3. The molecule has 2 aliphatic rings. The Kier molecular flexibility index (Phi) is 9.06. The highest BCUT2D eigenvalue weighted by molar-refractivity contribution is 6.11. The normalized spacial score (nSPS) is 15.9. The fourth-order valence-electron chi connectivity index (χ4n) is 7.00. The van der Waals surface area contributed by atoms with Crippen molar-refractivity contribution >= 4 is 34.0 Å². The number of anilines is 3. The number of H-pyrrole nitrogens is 1. The van der Waals surface area contributed by atoms with Gasteiger partial charge in [-0.2, -0.15) is 5.10 Å². The van der Waals surface area contributed by atoms with Crippen LogP contribution in [0.5, 0.6) is 5.75 Å². The molecule has 48 heavy (non-hydrogen) atoms. The number of fused-ring (bicyclic) bond motifs is 1. The Morgan fingerprint density at radius 2 is 1.67 bits per heavy atom. The lowest BCUT2D eigenvalue weighted by Crippen LogP contribution is -2.44. The first-order valence-corrected chi connectivity index (χ1v) is 16.9. The Morgan fingerprint density at radius 3 is 2.40 bits per heavy atom. The fourth-order valence-corrected chi connectivity index (χ4v) is 7.00. The van der Waals surface area contributed by atoms with Crippen LogP contribution in [0.4, 0.5) is 17.2 Å². The van der Waals surface area contributed by atoms with Gasteiger partial charge >= 0.3 is 0 Å². The number of likely N-dealkylation sites (N-methyl/N-ethyl adjacent to an activating group) is 1. The maximum absolute atomic E-state index is 14.0. The third-order valence-electron chi connectivity index (χ3n) is 9.57. The van der Waals surface area contributed by atoms with Gasteiger partial charge in [0.25, 0.3) is 5.91 Å². The first-order valence-electron chi connectivity index (χ1n) is 16.9. The summed E-state index contributed by atoms with van der Waals surface area (Å²) in [4.78, 5) is 18.8. The van der Waals surface area contributed by atoms with Crippen LogP contribution in [0.2, 0.25) is 0 Å². The third-order valence-corrected chi connectivity index (χ3v) is 9.57. The van der Waals surface area contributed by atoms with E-state index in [2.05, 4.69) is 94.0 Å². The number of ether oxygens (including phenoxy) is 1. The number of benzene rings is 4. The zero-order valence-corrected chi connectivity index (χ0v) is 28.0. The van der Waals surface area contributed by atoms with Crippen LogP contribution in [-0.2, 0) is 11.2 Å². The molecule has 2 fully saturated rings. The Bertz CT molecular complexity index is 1900. The lowest BCUT2D eigenvalue weighted by molar-refractivity contribution is 0.0904. The van der Waals surface area contributed by atoms with Crippen LogP contribution in [-0.4, -0.2) is 78.6 Å². The van der Waals surface area contributed by atoms with E-state index in [1.165, 1.54) is 16.7 Å². The van der Waals surface area contributed by atoms with Gasteiger partial charge in [0.05, 0.1) is 11.1 Å². The number of phenols is 1. The van der Waals surface area contributed by atoms with Gasteiger partial charge in [0.1, 0.15) is 5.75 Å². The van der Waals surface area contributed by atoms with Gasteiger partial charge in [-0.25, -0.2) is 0 Å². The van der Waals surface area contributed by atoms with Crippen LogP contribution >= 0.6 is 0 Å². The zero-order valence-electron chi connectivity index (χ0n) is 28.0. The minimum atomic E-state index is -0.207. The van der Waals surface area contributed by atoms with Gasteiger partial charge in [0, 0.05) is 62.2 Å². The standard InChI is InChI=1S/C39H44N6O3/c1-25-18-26(2)20-27(19-25)21-29-22-35-37(24-34(29)28-4-7-32(46)8-5-28)42-43-38(35)41-39(47)33-9-6-31(45-14-12-44(3)13-15-45)23-36(33)40-30-10-16-48-17-11-30/h4-9,18-20,22-24,30,40,46H,10-17,21H2,1-3H3,(H2,41,42,43,47). The molecule has 0 unspecified atom stereocenters. The second-order valence-corrected chi connectivity index (χ2v) is 13.4. The van der Waals surface area contributed by atoms with Gasteiger partial charge in [-0.3, -0.25) is 9.89 Å². The summed E-state index contributed by atoms with van der Waals surface area (Å²) in [5.41, 5.74) is 10.2. The summed E-state index contributed by atoms with van der Waals surface area (Å²) in [6.45, 7) is 9.60. The van der Waals surface area contributed by atoms with E-state index >= 15 is 0 Å². The second kappa shape index (κ2) is 13.7. The summed E-state index contributed by atoms with van der Waals surface area (Å²) >= 11 is 0. The lowest BCUT2D eigenvalue weighted by Gasteiger charge is -2.34. The molecule has 1 aromatic heterocycles. The predicted octanol–water partition coefficient (Wildman–Crippen LogP) is 6.74. The van der Waals surface area contributed by atoms with Crippen molar-refractivity contribution in [2.24, 2.45) is 0 Å². The zero-order chi connectivity index (χ0) is 33.2. The van der Waals surface area contributed by atoms with Gasteiger partial charge < -0.3 is 30.3 Å². The van der Waals surface area contributed by atoms with Gasteiger partial charge in [-0.15, -0.1) is 0 Å². The maximum Gasteiger partial charge on any atom is 0.258 e. The molecule has 9 nitrogen and oxygen atoms in total. The average molecular weight is 645 g/mol. The highest BCUT2D eigenvalue weighted by atomic mass is 16.5. The van der Waals surface area contributed by atoms with Crippen molar-refractivity contribution in [1.82, 2.24) is 15.1 Å². The Hall–Kier alpha value is -4.86. The Balaban J connectivity index is 1.22. The summed E-state index contributed by atoms with van der Waals surface area (Å²) in [6.07, 6.45) is 2.51. The van der Waals surface area contributed by atoms with E-state index < -0.39 is 0 Å². The van der Waals surface area contributed by atoms with Crippen molar-refractivity contribution in [2.75, 3.05) is 62.0 Å². The number of hydrogen-bond donors (Lipinski definition) is 4. The number of amides is 1. The molecule has 4 N–H and O–H groups in total. The molecule has 1 amide bonds. The molecule has 4 aromatic carbocycles. The number of carbonyl (C=O) groups is 1. The van der Waals surface area contributed by atoms with E-state index in [9.17, 15) is 9.90 Å². The third kappa shape index (κ3) is 7.02. The Labute approximate surface area is 281 Å². The molecule has 0 bridgehead atoms. The average Bonchev–Trinajstić information content (AvgIpc) is 3.46. The number of nitrogens with zero attached hydrogens (tertiary/aromatic N) is 3. The molecule has 0 atom stereocenters. The van der Waals surface area contributed by atoms with Crippen molar-refractivity contribution in [3.8, 4) is 16.9 Å². The number of aryl methyl sites for hydroxylation is 2. The monoisotopic (exact) mass is 644 g/mol. The SMILES string of the molecule is Cc1cc(C)cc(Cc2cc3c(NC(=O)c4ccc(N5CCN(C)CC5)cc4NC4CCOCC4)n[nH]c3cc2-c2ccc(O)cc2)c1. The molecule has 0 saturated carbocycles. The topological polar surface area (TPSA) is 106 Å². The summed E-state index contributed by atoms with van der Waals surface area (Å²) < 4.78 is 5.60. The van der Waals surface area contributed by atoms with Crippen LogP contribution in [0, 0.1) is 13.8 Å². The lowest BCUT2D eigenvalue weighted by atomic mass is 9.92. The first kappa shape index (κ1) is 31.7. The van der Waals surface area contributed by atoms with E-state index in [1.54, 1.807) is 12.1 Å². The number of piperazine rings is 1. The van der Waals surface area contributed by atoms with E-state index in [1.807, 2.05) is 18.2 Å². The quantitative estimate of drug-likeness (QED) is 0.148. The molecular weight excluding hydrogens is 600 g/mol. The molecule has 9 heteroatoms. The number of aromatic hydroxyl groups is 1. The number of rotatable bonds is 8. The van der Waals surface area contributed by atoms with E-state index in [0.717, 1.165) is 78.0 Å². The van der Waals surface area contributed by atoms with E-state index in [4.69, 9.17) is 4.74 Å². The fraction of sp³-hybridized carbons (Fsp3) is 0.333. The molecule has 7 rings (SSSR count). The number of hydrogen-bond acceptors (Lipinski definition) is 7. The molecule has 0 spiro atoms. The van der Waals surface area contributed by atoms with Crippen molar-refractivity contribution in [3.05, 3.63) is 101 Å². The molecule has 2 saturated heterocycles. The number of carbonyl (C=O) groups excluding carboxylic acids is 1. The van der Waals surface area contributed by atoms with Crippen LogP contribution < -0.4 is 15.5 Å². The van der Waals surface area contributed by atoms with Crippen molar-refractivity contribution in [2.45, 2.75) is 39.2 Å². The molecule has 3 heterocycles. The summed E-state index contributed by atoms with van der Waals surface area (Å²) in [7, 11) is 2.16. The van der Waals surface area contributed by atoms with E-state index in [-0.39, 0.29) is 17.7 Å². The van der Waals surface area contributed by atoms with E-state index in [0.29, 0.717) is 31.0 Å². The number of aromatic nitrogens is 2. The van der Waals surface area contributed by atoms with Gasteiger partial charge in [-0.05, 0) is 105 Å². The highest BCUT2D eigenvalue weighted by Crippen LogP contribution is 2.34. The Morgan fingerprint density at radius 1 is 0.938 bits per heavy atom. The van der Waals surface area contributed by atoms with Crippen LogP contribution in [0.1, 0.15) is 45.5 Å². The largest absolute Gasteiger partial charge is 0.508 e. The van der Waals surface area contributed by atoms with Crippen molar-refractivity contribution in [1.29, 1.82) is 0 Å². The smallest absolute Gasteiger partial charge is 0.258 e. The van der Waals surface area contributed by atoms with Gasteiger partial charge in [0.15, 0.2) is 5.82 Å². The number of phenolic OH excluding ortho intramolecular Hbond substituents is 1. The summed E-state index contributed by atoms with van der Waals surface area (Å²) in [5, 5.41) is 25.4. The minimum Gasteiger partial charge on any atom is -0.508 e. The second-order valence-electron chi connectivity index (χ2n) is 13.4. The van der Waals surface area contributed by atoms with Crippen LogP contribution in [0.3, 0.4) is 0 Å². The minimum absolute atomic E-state index is 0.207.